The Labute approximate surface area is 194 Å². The summed E-state index contributed by atoms with van der Waals surface area (Å²) in [5.74, 6) is 1.24. The fourth-order valence-corrected chi connectivity index (χ4v) is 3.93. The zero-order valence-corrected chi connectivity index (χ0v) is 19.8. The van der Waals surface area contributed by atoms with Crippen molar-refractivity contribution in [3.63, 3.8) is 0 Å². The van der Waals surface area contributed by atoms with Gasteiger partial charge in [0.2, 0.25) is 0 Å². The van der Waals surface area contributed by atoms with E-state index in [1.54, 1.807) is 26.4 Å². The van der Waals surface area contributed by atoms with Gasteiger partial charge < -0.3 is 19.2 Å². The second-order valence-corrected chi connectivity index (χ2v) is 8.53. The van der Waals surface area contributed by atoms with Gasteiger partial charge in [-0.3, -0.25) is 0 Å². The molecule has 0 saturated carbocycles. The number of likely N-dealkylation sites (N-methyl/N-ethyl adjacent to an activating group) is 1. The highest BCUT2D eigenvalue weighted by Gasteiger charge is 2.30. The first-order valence-corrected chi connectivity index (χ1v) is 11.2. The molecule has 0 aliphatic carbocycles. The molecule has 2 unspecified atom stereocenters. The minimum Gasteiger partial charge on any atom is -0.497 e. The summed E-state index contributed by atoms with van der Waals surface area (Å²) in [5.41, 5.74) is 0.967. The molecule has 4 nitrogen and oxygen atoms in total. The lowest BCUT2D eigenvalue weighted by Gasteiger charge is -2.21. The van der Waals surface area contributed by atoms with Gasteiger partial charge in [0.15, 0.2) is 0 Å². The third-order valence-electron chi connectivity index (χ3n) is 6.00. The molecule has 2 rings (SSSR count). The average Bonchev–Trinajstić information content (AvgIpc) is 2.80. The van der Waals surface area contributed by atoms with Crippen LogP contribution in [0.4, 0.5) is 13.2 Å². The smallest absolute Gasteiger partial charge is 0.416 e. The number of alkyl halides is 3. The van der Waals surface area contributed by atoms with Crippen LogP contribution in [0.3, 0.4) is 0 Å². The Morgan fingerprint density at radius 3 is 2.24 bits per heavy atom. The second kappa shape index (κ2) is 12.6. The normalized spacial score (nSPS) is 13.6. The first-order chi connectivity index (χ1) is 15.7. The first-order valence-electron chi connectivity index (χ1n) is 11.2. The van der Waals surface area contributed by atoms with Crippen molar-refractivity contribution in [2.75, 3.05) is 34.4 Å². The van der Waals surface area contributed by atoms with Gasteiger partial charge in [-0.25, -0.2) is 0 Å². The highest BCUT2D eigenvalue weighted by atomic mass is 19.4. The third-order valence-corrected chi connectivity index (χ3v) is 6.00. The number of aldehydes is 1. The SMILES string of the molecule is COc1cc(OC)cc(C(C=O)C(C)CCCCN(C)CCc2cccc(C(F)(F)F)c2)c1. The van der Waals surface area contributed by atoms with Crippen LogP contribution in [0.2, 0.25) is 0 Å². The molecule has 2 aromatic rings. The van der Waals surface area contributed by atoms with Gasteiger partial charge in [-0.05, 0) is 68.1 Å². The van der Waals surface area contributed by atoms with E-state index < -0.39 is 11.7 Å². The van der Waals surface area contributed by atoms with E-state index >= 15 is 0 Å². The molecular formula is C26H34F3NO3. The van der Waals surface area contributed by atoms with Crippen molar-refractivity contribution in [3.8, 4) is 11.5 Å². The number of unbranched alkanes of at least 4 members (excludes halogenated alkanes) is 1. The molecule has 0 spiro atoms. The van der Waals surface area contributed by atoms with E-state index in [9.17, 15) is 18.0 Å². The summed E-state index contributed by atoms with van der Waals surface area (Å²) in [6, 6.07) is 11.1. The van der Waals surface area contributed by atoms with Crippen LogP contribution in [-0.4, -0.2) is 45.5 Å². The number of hydrogen-bond acceptors (Lipinski definition) is 4. The maximum atomic E-state index is 12.9. The molecular weight excluding hydrogens is 431 g/mol. The number of halogens is 3. The van der Waals surface area contributed by atoms with Crippen molar-refractivity contribution >= 4 is 6.29 Å². The van der Waals surface area contributed by atoms with Crippen LogP contribution >= 0.6 is 0 Å². The Balaban J connectivity index is 1.80. The van der Waals surface area contributed by atoms with Gasteiger partial charge in [0, 0.05) is 18.5 Å². The first kappa shape index (κ1) is 26.7. The molecule has 0 bridgehead atoms. The zero-order chi connectivity index (χ0) is 24.4. The molecule has 0 saturated heterocycles. The lowest BCUT2D eigenvalue weighted by Crippen LogP contribution is -2.23. The van der Waals surface area contributed by atoms with Gasteiger partial charge >= 0.3 is 6.18 Å². The molecule has 0 aliphatic rings. The molecule has 0 aliphatic heterocycles. The van der Waals surface area contributed by atoms with Crippen molar-refractivity contribution in [1.29, 1.82) is 0 Å². The Kier molecular flexibility index (Phi) is 10.2. The van der Waals surface area contributed by atoms with Gasteiger partial charge in [0.05, 0.1) is 19.8 Å². The molecule has 182 valence electrons. The fraction of sp³-hybridized carbons (Fsp3) is 0.500. The van der Waals surface area contributed by atoms with Crippen molar-refractivity contribution in [3.05, 3.63) is 59.2 Å². The van der Waals surface area contributed by atoms with Crippen molar-refractivity contribution in [2.45, 2.75) is 44.7 Å². The maximum Gasteiger partial charge on any atom is 0.416 e. The van der Waals surface area contributed by atoms with E-state index in [2.05, 4.69) is 11.8 Å². The Morgan fingerprint density at radius 2 is 1.67 bits per heavy atom. The molecule has 0 heterocycles. The predicted octanol–water partition coefficient (Wildman–Crippen LogP) is 5.99. The van der Waals surface area contributed by atoms with E-state index in [4.69, 9.17) is 9.47 Å². The van der Waals surface area contributed by atoms with Crippen LogP contribution in [0.5, 0.6) is 11.5 Å². The molecule has 7 heteroatoms. The Bertz CT molecular complexity index is 863. The lowest BCUT2D eigenvalue weighted by atomic mass is 9.85. The summed E-state index contributed by atoms with van der Waals surface area (Å²) in [4.78, 5) is 14.0. The van der Waals surface area contributed by atoms with Crippen LogP contribution in [0, 0.1) is 5.92 Å². The summed E-state index contributed by atoms with van der Waals surface area (Å²) < 4.78 is 49.2. The number of nitrogens with zero attached hydrogens (tertiary/aromatic N) is 1. The molecule has 0 aromatic heterocycles. The lowest BCUT2D eigenvalue weighted by molar-refractivity contribution is -0.137. The second-order valence-electron chi connectivity index (χ2n) is 8.53. The quantitative estimate of drug-likeness (QED) is 0.269. The van der Waals surface area contributed by atoms with Crippen LogP contribution < -0.4 is 9.47 Å². The van der Waals surface area contributed by atoms with E-state index in [1.807, 2.05) is 19.2 Å². The Hall–Kier alpha value is -2.54. The highest BCUT2D eigenvalue weighted by molar-refractivity contribution is 5.64. The fourth-order valence-electron chi connectivity index (χ4n) is 3.93. The molecule has 0 fully saturated rings. The van der Waals surface area contributed by atoms with E-state index in [1.165, 1.54) is 12.1 Å². The molecule has 2 aromatic carbocycles. The van der Waals surface area contributed by atoms with Gasteiger partial charge in [-0.15, -0.1) is 0 Å². The maximum absolute atomic E-state index is 12.9. The largest absolute Gasteiger partial charge is 0.497 e. The van der Waals surface area contributed by atoms with Crippen molar-refractivity contribution in [2.24, 2.45) is 5.92 Å². The van der Waals surface area contributed by atoms with Gasteiger partial charge in [0.25, 0.3) is 0 Å². The van der Waals surface area contributed by atoms with Crippen LogP contribution in [-0.2, 0) is 17.4 Å². The Morgan fingerprint density at radius 1 is 1.00 bits per heavy atom. The van der Waals surface area contributed by atoms with Crippen LogP contribution in [0.1, 0.15) is 48.8 Å². The summed E-state index contributed by atoms with van der Waals surface area (Å²) in [6.07, 6.45) is 0.0527. The predicted molar refractivity (Wildman–Crippen MR) is 124 cm³/mol. The molecule has 0 radical (unpaired) electrons. The monoisotopic (exact) mass is 465 g/mol. The number of ether oxygens (including phenoxy) is 2. The van der Waals surface area contributed by atoms with Gasteiger partial charge in [-0.1, -0.05) is 31.5 Å². The number of rotatable bonds is 13. The van der Waals surface area contributed by atoms with E-state index in [0.717, 1.165) is 43.7 Å². The van der Waals surface area contributed by atoms with Crippen LogP contribution in [0.15, 0.2) is 42.5 Å². The number of benzene rings is 2. The molecule has 0 N–H and O–H groups in total. The van der Waals surface area contributed by atoms with E-state index in [-0.39, 0.29) is 11.8 Å². The summed E-state index contributed by atoms with van der Waals surface area (Å²) >= 11 is 0. The van der Waals surface area contributed by atoms with E-state index in [0.29, 0.717) is 30.0 Å². The molecule has 0 amide bonds. The standard InChI is InChI=1S/C26H34F3NO3/c1-19(25(18-31)21-15-23(32-3)17-24(16-21)33-4)8-5-6-12-30(2)13-11-20-9-7-10-22(14-20)26(27,28)29/h7,9-10,14-19,25H,5-6,8,11-13H2,1-4H3. The average molecular weight is 466 g/mol. The van der Waals surface area contributed by atoms with Crippen molar-refractivity contribution in [1.82, 2.24) is 4.90 Å². The topological polar surface area (TPSA) is 38.8 Å². The molecule has 33 heavy (non-hydrogen) atoms. The zero-order valence-electron chi connectivity index (χ0n) is 19.8. The number of carbonyl (C=O) groups excluding carboxylic acids is 1. The third kappa shape index (κ3) is 8.39. The van der Waals surface area contributed by atoms with Crippen molar-refractivity contribution < 1.29 is 27.4 Å². The summed E-state index contributed by atoms with van der Waals surface area (Å²) in [5, 5.41) is 0. The van der Waals surface area contributed by atoms with Crippen LogP contribution in [0.25, 0.3) is 0 Å². The highest BCUT2D eigenvalue weighted by Crippen LogP contribution is 2.32. The van der Waals surface area contributed by atoms with Gasteiger partial charge in [-0.2, -0.15) is 13.2 Å². The number of carbonyl (C=O) groups is 1. The summed E-state index contributed by atoms with van der Waals surface area (Å²) in [7, 11) is 5.15. The summed E-state index contributed by atoms with van der Waals surface area (Å²) in [6.45, 7) is 3.62. The number of hydrogen-bond donors (Lipinski definition) is 0. The number of methoxy groups -OCH3 is 2. The minimum atomic E-state index is -4.31. The molecule has 2 atom stereocenters. The van der Waals surface area contributed by atoms with Gasteiger partial charge in [0.1, 0.15) is 17.8 Å². The minimum absolute atomic E-state index is 0.162.